The van der Waals surface area contributed by atoms with Gasteiger partial charge in [0.15, 0.2) is 5.82 Å². The van der Waals surface area contributed by atoms with Crippen LogP contribution in [0.4, 0.5) is 5.82 Å². The lowest BCUT2D eigenvalue weighted by molar-refractivity contribution is -0.115. The van der Waals surface area contributed by atoms with Gasteiger partial charge in [0.1, 0.15) is 5.69 Å². The number of nitrogens with one attached hydrogen (secondary N) is 2. The van der Waals surface area contributed by atoms with Gasteiger partial charge in [0.25, 0.3) is 0 Å². The number of anilines is 1. The first-order chi connectivity index (χ1) is 8.15. The summed E-state index contributed by atoms with van der Waals surface area (Å²) >= 11 is 1.52. The largest absolute Gasteiger partial charge is 0.477 e. The van der Waals surface area contributed by atoms with Crippen molar-refractivity contribution in [2.24, 2.45) is 0 Å². The predicted molar refractivity (Wildman–Crippen MR) is 62.2 cm³/mol. The fraction of sp³-hybridized carbons (Fsp3) is 0.100. The summed E-state index contributed by atoms with van der Waals surface area (Å²) in [6.07, 6.45) is 0.249. The Morgan fingerprint density at radius 2 is 2.35 bits per heavy atom. The minimum Gasteiger partial charge on any atom is -0.477 e. The van der Waals surface area contributed by atoms with Crippen LogP contribution in [0.1, 0.15) is 16.1 Å². The van der Waals surface area contributed by atoms with E-state index in [4.69, 9.17) is 5.11 Å². The molecule has 3 N–H and O–H groups in total. The Hall–Kier alpha value is -2.15. The van der Waals surface area contributed by atoms with E-state index in [0.29, 0.717) is 0 Å². The second-order valence-electron chi connectivity index (χ2n) is 3.33. The molecular formula is C10H9N3O3S. The molecule has 2 aromatic rings. The molecule has 0 bridgehead atoms. The van der Waals surface area contributed by atoms with E-state index in [2.05, 4.69) is 15.5 Å². The van der Waals surface area contributed by atoms with E-state index in [1.54, 1.807) is 0 Å². The molecule has 0 aliphatic carbocycles. The summed E-state index contributed by atoms with van der Waals surface area (Å²) in [6.45, 7) is 0. The SMILES string of the molecule is O=C(Cc1ccsc1)Nc1cc(C(=O)O)[nH]n1. The molecule has 0 saturated carbocycles. The molecule has 2 aromatic heterocycles. The van der Waals surface area contributed by atoms with Gasteiger partial charge < -0.3 is 10.4 Å². The summed E-state index contributed by atoms with van der Waals surface area (Å²) < 4.78 is 0. The molecule has 7 heteroatoms. The Morgan fingerprint density at radius 1 is 1.53 bits per heavy atom. The smallest absolute Gasteiger partial charge is 0.353 e. The first kappa shape index (κ1) is 11.3. The van der Waals surface area contributed by atoms with Gasteiger partial charge in [-0.1, -0.05) is 0 Å². The van der Waals surface area contributed by atoms with Gasteiger partial charge in [0.05, 0.1) is 6.42 Å². The topological polar surface area (TPSA) is 95.1 Å². The second-order valence-corrected chi connectivity index (χ2v) is 4.11. The Labute approximate surface area is 100 Å². The highest BCUT2D eigenvalue weighted by Crippen LogP contribution is 2.09. The zero-order valence-corrected chi connectivity index (χ0v) is 9.45. The van der Waals surface area contributed by atoms with Crippen LogP contribution in [0.25, 0.3) is 0 Å². The number of aromatic amines is 1. The zero-order valence-electron chi connectivity index (χ0n) is 8.64. The van der Waals surface area contributed by atoms with Gasteiger partial charge in [-0.3, -0.25) is 9.89 Å². The van der Waals surface area contributed by atoms with Crippen molar-refractivity contribution < 1.29 is 14.7 Å². The van der Waals surface area contributed by atoms with Crippen LogP contribution < -0.4 is 5.32 Å². The zero-order chi connectivity index (χ0) is 12.3. The summed E-state index contributed by atoms with van der Waals surface area (Å²) in [7, 11) is 0. The Bertz CT molecular complexity index is 533. The molecule has 0 aliphatic rings. The predicted octanol–water partition coefficient (Wildman–Crippen LogP) is 1.35. The van der Waals surface area contributed by atoms with Crippen molar-refractivity contribution in [1.82, 2.24) is 10.2 Å². The average Bonchev–Trinajstić information content (AvgIpc) is 2.88. The number of H-pyrrole nitrogens is 1. The van der Waals surface area contributed by atoms with Crippen LogP contribution in [0.2, 0.25) is 0 Å². The third-order valence-electron chi connectivity index (χ3n) is 2.02. The van der Waals surface area contributed by atoms with Crippen molar-refractivity contribution in [2.75, 3.05) is 5.32 Å². The summed E-state index contributed by atoms with van der Waals surface area (Å²) in [4.78, 5) is 22.1. The minimum absolute atomic E-state index is 0.0594. The Balaban J connectivity index is 1.96. The lowest BCUT2D eigenvalue weighted by atomic mass is 10.2. The van der Waals surface area contributed by atoms with Crippen LogP contribution in [0.15, 0.2) is 22.9 Å². The highest BCUT2D eigenvalue weighted by Gasteiger charge is 2.10. The number of carbonyl (C=O) groups excluding carboxylic acids is 1. The van der Waals surface area contributed by atoms with Crippen LogP contribution >= 0.6 is 11.3 Å². The Kier molecular flexibility index (Phi) is 3.20. The van der Waals surface area contributed by atoms with Crippen molar-refractivity contribution in [2.45, 2.75) is 6.42 Å². The minimum atomic E-state index is -1.11. The summed E-state index contributed by atoms with van der Waals surface area (Å²) in [6, 6.07) is 3.13. The van der Waals surface area contributed by atoms with Crippen molar-refractivity contribution in [3.8, 4) is 0 Å². The van der Waals surface area contributed by atoms with Gasteiger partial charge in [-0.25, -0.2) is 4.79 Å². The molecule has 0 atom stereocenters. The number of carboxylic acids is 1. The number of hydrogen-bond acceptors (Lipinski definition) is 4. The quantitative estimate of drug-likeness (QED) is 0.764. The molecule has 2 rings (SSSR count). The maximum Gasteiger partial charge on any atom is 0.353 e. The number of amides is 1. The molecule has 1 amide bonds. The van der Waals surface area contributed by atoms with Gasteiger partial charge in [0.2, 0.25) is 5.91 Å². The lowest BCUT2D eigenvalue weighted by Crippen LogP contribution is -2.14. The molecule has 6 nitrogen and oxygen atoms in total. The highest BCUT2D eigenvalue weighted by atomic mass is 32.1. The molecule has 0 radical (unpaired) electrons. The van der Waals surface area contributed by atoms with E-state index in [1.807, 2.05) is 16.8 Å². The maximum atomic E-state index is 11.6. The Morgan fingerprint density at radius 3 is 2.94 bits per heavy atom. The molecule has 0 aromatic carbocycles. The van der Waals surface area contributed by atoms with Crippen LogP contribution in [0.3, 0.4) is 0 Å². The van der Waals surface area contributed by atoms with Crippen molar-refractivity contribution in [1.29, 1.82) is 0 Å². The molecule has 0 spiro atoms. The number of carboxylic acid groups (broad SMARTS) is 1. The third-order valence-corrected chi connectivity index (χ3v) is 2.75. The molecule has 0 aliphatic heterocycles. The fourth-order valence-corrected chi connectivity index (χ4v) is 1.93. The average molecular weight is 251 g/mol. The van der Waals surface area contributed by atoms with E-state index in [0.717, 1.165) is 5.56 Å². The number of thiophene rings is 1. The van der Waals surface area contributed by atoms with E-state index in [-0.39, 0.29) is 23.8 Å². The summed E-state index contributed by atoms with van der Waals surface area (Å²) in [5.74, 6) is -1.13. The maximum absolute atomic E-state index is 11.6. The molecule has 17 heavy (non-hydrogen) atoms. The summed E-state index contributed by atoms with van der Waals surface area (Å²) in [5, 5.41) is 20.9. The highest BCUT2D eigenvalue weighted by molar-refractivity contribution is 7.08. The van der Waals surface area contributed by atoms with E-state index in [1.165, 1.54) is 17.4 Å². The van der Waals surface area contributed by atoms with Crippen molar-refractivity contribution >= 4 is 29.0 Å². The van der Waals surface area contributed by atoms with Crippen LogP contribution in [0, 0.1) is 0 Å². The van der Waals surface area contributed by atoms with Crippen LogP contribution in [0.5, 0.6) is 0 Å². The van der Waals surface area contributed by atoms with Crippen molar-refractivity contribution in [3.63, 3.8) is 0 Å². The molecule has 0 saturated heterocycles. The van der Waals surface area contributed by atoms with E-state index in [9.17, 15) is 9.59 Å². The number of aromatic nitrogens is 2. The van der Waals surface area contributed by atoms with E-state index >= 15 is 0 Å². The number of rotatable bonds is 4. The number of carbonyl (C=O) groups is 2. The normalized spacial score (nSPS) is 10.1. The molecule has 0 fully saturated rings. The van der Waals surface area contributed by atoms with Crippen molar-refractivity contribution in [3.05, 3.63) is 34.2 Å². The molecule has 2 heterocycles. The summed E-state index contributed by atoms with van der Waals surface area (Å²) in [5.41, 5.74) is 0.859. The first-order valence-electron chi connectivity index (χ1n) is 4.75. The van der Waals surface area contributed by atoms with Gasteiger partial charge in [0, 0.05) is 6.07 Å². The molecular weight excluding hydrogens is 242 g/mol. The number of nitrogens with zero attached hydrogens (tertiary/aromatic N) is 1. The van der Waals surface area contributed by atoms with E-state index < -0.39 is 5.97 Å². The van der Waals surface area contributed by atoms with Crippen LogP contribution in [-0.4, -0.2) is 27.2 Å². The second kappa shape index (κ2) is 4.79. The molecule has 88 valence electrons. The molecule has 0 unspecified atom stereocenters. The first-order valence-corrected chi connectivity index (χ1v) is 5.69. The lowest BCUT2D eigenvalue weighted by Gasteiger charge is -1.99. The van der Waals surface area contributed by atoms with Crippen LogP contribution in [-0.2, 0) is 11.2 Å². The van der Waals surface area contributed by atoms with Gasteiger partial charge in [-0.2, -0.15) is 16.4 Å². The fourth-order valence-electron chi connectivity index (χ4n) is 1.26. The number of aromatic carboxylic acids is 1. The third kappa shape index (κ3) is 2.91. The standard InChI is InChI=1S/C10H9N3O3S/c14-9(3-6-1-2-17-5-6)11-8-4-7(10(15)16)12-13-8/h1-2,4-5H,3H2,(H,15,16)(H2,11,12,13,14). The monoisotopic (exact) mass is 251 g/mol. The van der Waals surface area contributed by atoms with Gasteiger partial charge in [-0.15, -0.1) is 0 Å². The van der Waals surface area contributed by atoms with Gasteiger partial charge in [-0.05, 0) is 22.4 Å². The van der Waals surface area contributed by atoms with Gasteiger partial charge >= 0.3 is 5.97 Å². The number of hydrogen-bond donors (Lipinski definition) is 3.